The molecule has 1 aromatic rings. The number of likely N-dealkylation sites (tertiary alicyclic amines) is 1. The Hall–Kier alpha value is -1.96. The summed E-state index contributed by atoms with van der Waals surface area (Å²) in [6.45, 7) is 4.74. The Kier molecular flexibility index (Phi) is 6.52. The van der Waals surface area contributed by atoms with Gasteiger partial charge in [0.1, 0.15) is 4.88 Å². The number of carboxylic acid groups (broad SMARTS) is 1. The second kappa shape index (κ2) is 8.42. The van der Waals surface area contributed by atoms with Crippen LogP contribution in [0.25, 0.3) is 0 Å². The Morgan fingerprint density at radius 2 is 1.96 bits per heavy atom. The van der Waals surface area contributed by atoms with Crippen LogP contribution in [0.5, 0.6) is 0 Å². The Morgan fingerprint density at radius 1 is 1.32 bits per heavy atom. The minimum Gasteiger partial charge on any atom is -0.481 e. The van der Waals surface area contributed by atoms with Crippen LogP contribution in [-0.2, 0) is 16.0 Å². The SMILES string of the molecule is CCCc1nc(C)c(C(=O)N(C)CC(=O)N2CCC(C(=O)O)CC2)s1. The molecule has 2 rings (SSSR count). The fourth-order valence-corrected chi connectivity index (χ4v) is 4.06. The molecule has 0 aliphatic carbocycles. The van der Waals surface area contributed by atoms with Crippen LogP contribution in [0.15, 0.2) is 0 Å². The number of likely N-dealkylation sites (N-methyl/N-ethyl adjacent to an activating group) is 1. The number of aryl methyl sites for hydroxylation is 2. The van der Waals surface area contributed by atoms with E-state index in [0.717, 1.165) is 17.8 Å². The van der Waals surface area contributed by atoms with Gasteiger partial charge >= 0.3 is 5.97 Å². The number of carboxylic acids is 1. The first-order chi connectivity index (χ1) is 11.8. The smallest absolute Gasteiger partial charge is 0.306 e. The van der Waals surface area contributed by atoms with Crippen molar-refractivity contribution in [3.63, 3.8) is 0 Å². The number of carbonyl (C=O) groups is 3. The molecular formula is C17H25N3O4S. The molecule has 2 amide bonds. The van der Waals surface area contributed by atoms with Crippen LogP contribution in [0.2, 0.25) is 0 Å². The lowest BCUT2D eigenvalue weighted by Gasteiger charge is -2.31. The van der Waals surface area contributed by atoms with E-state index in [4.69, 9.17) is 5.11 Å². The van der Waals surface area contributed by atoms with Crippen molar-refractivity contribution in [3.8, 4) is 0 Å². The van der Waals surface area contributed by atoms with Gasteiger partial charge in [0.25, 0.3) is 5.91 Å². The number of aliphatic carboxylic acids is 1. The number of rotatable bonds is 6. The Labute approximate surface area is 151 Å². The fourth-order valence-electron chi connectivity index (χ4n) is 2.90. The summed E-state index contributed by atoms with van der Waals surface area (Å²) in [6, 6.07) is 0. The molecule has 7 nitrogen and oxygen atoms in total. The summed E-state index contributed by atoms with van der Waals surface area (Å²) in [6.07, 6.45) is 2.75. The average Bonchev–Trinajstić information content (AvgIpc) is 2.94. The van der Waals surface area contributed by atoms with E-state index >= 15 is 0 Å². The predicted molar refractivity (Wildman–Crippen MR) is 94.7 cm³/mol. The van der Waals surface area contributed by atoms with Gasteiger partial charge in [0.15, 0.2) is 0 Å². The molecule has 1 N–H and O–H groups in total. The van der Waals surface area contributed by atoms with E-state index in [2.05, 4.69) is 11.9 Å². The molecule has 1 aliphatic heterocycles. The number of aromatic nitrogens is 1. The number of hydrogen-bond acceptors (Lipinski definition) is 5. The quantitative estimate of drug-likeness (QED) is 0.828. The lowest BCUT2D eigenvalue weighted by Crippen LogP contribution is -2.45. The topological polar surface area (TPSA) is 90.8 Å². The Bertz CT molecular complexity index is 650. The second-order valence-corrected chi connectivity index (χ2v) is 7.51. The molecular weight excluding hydrogens is 342 g/mol. The van der Waals surface area contributed by atoms with Gasteiger partial charge in [-0.05, 0) is 32.6 Å². The van der Waals surface area contributed by atoms with Crippen molar-refractivity contribution >= 4 is 29.1 Å². The van der Waals surface area contributed by atoms with Gasteiger partial charge in [0, 0.05) is 20.1 Å². The van der Waals surface area contributed by atoms with Gasteiger partial charge in [0.2, 0.25) is 5.91 Å². The maximum absolute atomic E-state index is 12.6. The first-order valence-corrected chi connectivity index (χ1v) is 9.37. The molecule has 0 saturated carbocycles. The van der Waals surface area contributed by atoms with Gasteiger partial charge in [-0.3, -0.25) is 14.4 Å². The summed E-state index contributed by atoms with van der Waals surface area (Å²) in [7, 11) is 1.61. The van der Waals surface area contributed by atoms with Gasteiger partial charge in [-0.1, -0.05) is 6.92 Å². The molecule has 0 bridgehead atoms. The van der Waals surface area contributed by atoms with E-state index in [1.807, 2.05) is 6.92 Å². The summed E-state index contributed by atoms with van der Waals surface area (Å²) in [5.74, 6) is -1.51. The standard InChI is InChI=1S/C17H25N3O4S/c1-4-5-13-18-11(2)15(25-13)16(22)19(3)10-14(21)20-8-6-12(7-9-20)17(23)24/h12H,4-10H2,1-3H3,(H,23,24). The number of hydrogen-bond donors (Lipinski definition) is 1. The number of nitrogens with zero attached hydrogens (tertiary/aromatic N) is 3. The van der Waals surface area contributed by atoms with Crippen molar-refractivity contribution in [2.24, 2.45) is 5.92 Å². The number of thiazole rings is 1. The monoisotopic (exact) mass is 367 g/mol. The summed E-state index contributed by atoms with van der Waals surface area (Å²) in [4.78, 5) is 44.0. The lowest BCUT2D eigenvalue weighted by atomic mass is 9.97. The molecule has 0 aromatic carbocycles. The molecule has 1 fully saturated rings. The second-order valence-electron chi connectivity index (χ2n) is 6.43. The van der Waals surface area contributed by atoms with Gasteiger partial charge in [-0.2, -0.15) is 0 Å². The first-order valence-electron chi connectivity index (χ1n) is 8.55. The third-order valence-electron chi connectivity index (χ3n) is 4.42. The Balaban J connectivity index is 1.92. The Morgan fingerprint density at radius 3 is 2.52 bits per heavy atom. The lowest BCUT2D eigenvalue weighted by molar-refractivity contribution is -0.145. The van der Waals surface area contributed by atoms with Crippen molar-refractivity contribution in [1.82, 2.24) is 14.8 Å². The highest BCUT2D eigenvalue weighted by atomic mass is 32.1. The number of carbonyl (C=O) groups excluding carboxylic acids is 2. The third-order valence-corrected chi connectivity index (χ3v) is 5.62. The highest BCUT2D eigenvalue weighted by Gasteiger charge is 2.28. The van der Waals surface area contributed by atoms with E-state index in [9.17, 15) is 14.4 Å². The minimum absolute atomic E-state index is 0.00295. The zero-order valence-corrected chi connectivity index (χ0v) is 15.8. The van der Waals surface area contributed by atoms with Crippen LogP contribution >= 0.6 is 11.3 Å². The largest absolute Gasteiger partial charge is 0.481 e. The molecule has 1 saturated heterocycles. The van der Waals surface area contributed by atoms with Crippen molar-refractivity contribution < 1.29 is 19.5 Å². The van der Waals surface area contributed by atoms with Gasteiger partial charge in [0.05, 0.1) is 23.2 Å². The molecule has 0 unspecified atom stereocenters. The van der Waals surface area contributed by atoms with E-state index < -0.39 is 5.97 Å². The number of amides is 2. The highest BCUT2D eigenvalue weighted by molar-refractivity contribution is 7.13. The molecule has 0 spiro atoms. The van der Waals surface area contributed by atoms with E-state index in [-0.39, 0.29) is 24.3 Å². The summed E-state index contributed by atoms with van der Waals surface area (Å²) < 4.78 is 0. The molecule has 1 aliphatic rings. The summed E-state index contributed by atoms with van der Waals surface area (Å²) in [5.41, 5.74) is 0.708. The molecule has 0 atom stereocenters. The maximum Gasteiger partial charge on any atom is 0.306 e. The van der Waals surface area contributed by atoms with Crippen molar-refractivity contribution in [2.75, 3.05) is 26.7 Å². The molecule has 25 heavy (non-hydrogen) atoms. The van der Waals surface area contributed by atoms with Crippen molar-refractivity contribution in [2.45, 2.75) is 39.5 Å². The predicted octanol–water partition coefficient (Wildman–Crippen LogP) is 1.80. The van der Waals surface area contributed by atoms with E-state index in [1.54, 1.807) is 11.9 Å². The zero-order chi connectivity index (χ0) is 18.6. The molecule has 1 aromatic heterocycles. The average molecular weight is 367 g/mol. The van der Waals surface area contributed by atoms with Gasteiger partial charge in [-0.25, -0.2) is 4.98 Å². The van der Waals surface area contributed by atoms with Crippen LogP contribution in [0, 0.1) is 12.8 Å². The third kappa shape index (κ3) is 4.78. The maximum atomic E-state index is 12.6. The molecule has 2 heterocycles. The normalized spacial score (nSPS) is 15.2. The minimum atomic E-state index is -0.803. The first kappa shape index (κ1) is 19.4. The van der Waals surface area contributed by atoms with Crippen LogP contribution in [0.3, 0.4) is 0 Å². The van der Waals surface area contributed by atoms with Gasteiger partial charge < -0.3 is 14.9 Å². The van der Waals surface area contributed by atoms with E-state index in [0.29, 0.717) is 36.5 Å². The van der Waals surface area contributed by atoms with Gasteiger partial charge in [-0.15, -0.1) is 11.3 Å². The fraction of sp³-hybridized carbons (Fsp3) is 0.647. The summed E-state index contributed by atoms with van der Waals surface area (Å²) >= 11 is 1.39. The van der Waals surface area contributed by atoms with Crippen LogP contribution in [0.1, 0.15) is 46.6 Å². The molecule has 138 valence electrons. The molecule has 8 heteroatoms. The van der Waals surface area contributed by atoms with Crippen LogP contribution in [-0.4, -0.2) is 64.4 Å². The number of piperidine rings is 1. The van der Waals surface area contributed by atoms with E-state index in [1.165, 1.54) is 16.2 Å². The van der Waals surface area contributed by atoms with Crippen molar-refractivity contribution in [1.29, 1.82) is 0 Å². The zero-order valence-electron chi connectivity index (χ0n) is 14.9. The molecule has 0 radical (unpaired) electrons. The van der Waals surface area contributed by atoms with Crippen LogP contribution in [0.4, 0.5) is 0 Å². The summed E-state index contributed by atoms with van der Waals surface area (Å²) in [5, 5.41) is 9.96. The van der Waals surface area contributed by atoms with Crippen molar-refractivity contribution in [3.05, 3.63) is 15.6 Å². The highest BCUT2D eigenvalue weighted by Crippen LogP contribution is 2.21. The van der Waals surface area contributed by atoms with Crippen LogP contribution < -0.4 is 0 Å².